The number of nitrogen functional groups attached to an aromatic ring is 1. The number of aryl methyl sites for hydroxylation is 1. The Kier molecular flexibility index (Phi) is 4.46. The molecule has 0 fully saturated rings. The van der Waals surface area contributed by atoms with E-state index in [0.29, 0.717) is 16.8 Å². The van der Waals surface area contributed by atoms with E-state index in [1.54, 1.807) is 31.4 Å². The molecule has 6 heteroatoms. The standard InChI is InChI=1S/C20H14F2N2O2/c1-3-12-8-13(11-24(2)20(12)25)16-10-15(23)5-7-18(16)26-19-6-4-14(21)9-17(19)22/h1,4-11H,23H2,2H3. The minimum atomic E-state index is -0.836. The maximum Gasteiger partial charge on any atom is 0.266 e. The van der Waals surface area contributed by atoms with Crippen molar-refractivity contribution >= 4 is 5.69 Å². The number of anilines is 1. The maximum absolute atomic E-state index is 13.9. The molecule has 1 heterocycles. The molecular weight excluding hydrogens is 338 g/mol. The van der Waals surface area contributed by atoms with Crippen LogP contribution in [0.1, 0.15) is 5.56 Å². The lowest BCUT2D eigenvalue weighted by atomic mass is 10.0. The number of ether oxygens (including phenoxy) is 1. The summed E-state index contributed by atoms with van der Waals surface area (Å²) in [6, 6.07) is 9.33. The SMILES string of the molecule is C#Cc1cc(-c2cc(N)ccc2Oc2ccc(F)cc2F)cn(C)c1=O. The van der Waals surface area contributed by atoms with E-state index in [2.05, 4.69) is 5.92 Å². The summed E-state index contributed by atoms with van der Waals surface area (Å²) in [5.41, 5.74) is 7.25. The van der Waals surface area contributed by atoms with E-state index in [4.69, 9.17) is 16.9 Å². The third kappa shape index (κ3) is 3.28. The number of hydrogen-bond donors (Lipinski definition) is 1. The number of nitrogens with zero attached hydrogens (tertiary/aromatic N) is 1. The normalized spacial score (nSPS) is 10.4. The van der Waals surface area contributed by atoms with Gasteiger partial charge in [0.25, 0.3) is 5.56 Å². The Morgan fingerprint density at radius 1 is 1.12 bits per heavy atom. The molecule has 3 rings (SSSR count). The third-order valence-electron chi connectivity index (χ3n) is 3.77. The average Bonchev–Trinajstić information content (AvgIpc) is 2.61. The van der Waals surface area contributed by atoms with Crippen LogP contribution in [0.5, 0.6) is 11.5 Å². The van der Waals surface area contributed by atoms with E-state index in [9.17, 15) is 13.6 Å². The van der Waals surface area contributed by atoms with E-state index in [1.807, 2.05) is 0 Å². The lowest BCUT2D eigenvalue weighted by Crippen LogP contribution is -2.19. The van der Waals surface area contributed by atoms with Crippen LogP contribution in [0, 0.1) is 24.0 Å². The first-order valence-electron chi connectivity index (χ1n) is 7.59. The summed E-state index contributed by atoms with van der Waals surface area (Å²) in [7, 11) is 1.57. The highest BCUT2D eigenvalue weighted by molar-refractivity contribution is 5.74. The molecule has 0 spiro atoms. The lowest BCUT2D eigenvalue weighted by molar-refractivity contribution is 0.439. The van der Waals surface area contributed by atoms with E-state index in [1.165, 1.54) is 16.7 Å². The Morgan fingerprint density at radius 3 is 2.54 bits per heavy atom. The molecule has 0 atom stereocenters. The topological polar surface area (TPSA) is 57.2 Å². The molecule has 0 saturated carbocycles. The monoisotopic (exact) mass is 352 g/mol. The molecule has 2 N–H and O–H groups in total. The molecule has 0 aliphatic rings. The fraction of sp³-hybridized carbons (Fsp3) is 0.0500. The van der Waals surface area contributed by atoms with Crippen LogP contribution in [0.2, 0.25) is 0 Å². The highest BCUT2D eigenvalue weighted by Gasteiger charge is 2.13. The number of benzene rings is 2. The van der Waals surface area contributed by atoms with Gasteiger partial charge in [-0.25, -0.2) is 8.78 Å². The fourth-order valence-corrected chi connectivity index (χ4v) is 2.50. The summed E-state index contributed by atoms with van der Waals surface area (Å²) in [6.45, 7) is 0. The Morgan fingerprint density at radius 2 is 1.85 bits per heavy atom. The molecule has 0 amide bonds. The summed E-state index contributed by atoms with van der Waals surface area (Å²) in [5.74, 6) is 0.942. The number of pyridine rings is 1. The van der Waals surface area contributed by atoms with Crippen LogP contribution < -0.4 is 16.0 Å². The molecule has 0 radical (unpaired) electrons. The second-order valence-electron chi connectivity index (χ2n) is 5.64. The summed E-state index contributed by atoms with van der Waals surface area (Å²) in [5, 5.41) is 0. The van der Waals surface area contributed by atoms with Gasteiger partial charge in [-0.05, 0) is 36.4 Å². The average molecular weight is 352 g/mol. The summed E-state index contributed by atoms with van der Waals surface area (Å²) in [4.78, 5) is 12.0. The second kappa shape index (κ2) is 6.73. The van der Waals surface area contributed by atoms with Crippen LogP contribution in [0.25, 0.3) is 11.1 Å². The van der Waals surface area contributed by atoms with Gasteiger partial charge in [0, 0.05) is 36.1 Å². The first kappa shape index (κ1) is 17.2. The van der Waals surface area contributed by atoms with Crippen molar-refractivity contribution in [3.63, 3.8) is 0 Å². The molecule has 3 aromatic rings. The van der Waals surface area contributed by atoms with Gasteiger partial charge in [-0.15, -0.1) is 6.42 Å². The molecule has 130 valence electrons. The Bertz CT molecular complexity index is 1100. The highest BCUT2D eigenvalue weighted by Crippen LogP contribution is 2.35. The Balaban J connectivity index is 2.14. The maximum atomic E-state index is 13.9. The number of terminal acetylenes is 1. The summed E-state index contributed by atoms with van der Waals surface area (Å²) < 4.78 is 34.0. The molecule has 26 heavy (non-hydrogen) atoms. The van der Waals surface area contributed by atoms with Gasteiger partial charge in [-0.3, -0.25) is 4.79 Å². The second-order valence-corrected chi connectivity index (χ2v) is 5.64. The third-order valence-corrected chi connectivity index (χ3v) is 3.77. The van der Waals surface area contributed by atoms with Crippen molar-refractivity contribution in [2.24, 2.45) is 7.05 Å². The van der Waals surface area contributed by atoms with Gasteiger partial charge in [0.1, 0.15) is 11.6 Å². The molecule has 0 aliphatic carbocycles. The zero-order chi connectivity index (χ0) is 18.8. The van der Waals surface area contributed by atoms with E-state index < -0.39 is 11.6 Å². The van der Waals surface area contributed by atoms with Crippen LogP contribution >= 0.6 is 0 Å². The van der Waals surface area contributed by atoms with Gasteiger partial charge in [0.2, 0.25) is 0 Å². The molecule has 0 aliphatic heterocycles. The number of rotatable bonds is 3. The van der Waals surface area contributed by atoms with Crippen molar-refractivity contribution in [1.82, 2.24) is 4.57 Å². The number of halogens is 2. The highest BCUT2D eigenvalue weighted by atomic mass is 19.1. The number of hydrogen-bond acceptors (Lipinski definition) is 3. The van der Waals surface area contributed by atoms with E-state index in [0.717, 1.165) is 12.1 Å². The largest absolute Gasteiger partial charge is 0.454 e. The van der Waals surface area contributed by atoms with E-state index >= 15 is 0 Å². The minimum Gasteiger partial charge on any atom is -0.454 e. The van der Waals surface area contributed by atoms with Gasteiger partial charge < -0.3 is 15.0 Å². The van der Waals surface area contributed by atoms with Crippen molar-refractivity contribution in [3.8, 4) is 35.0 Å². The molecule has 0 unspecified atom stereocenters. The molecule has 2 aromatic carbocycles. The molecule has 0 bridgehead atoms. The zero-order valence-electron chi connectivity index (χ0n) is 13.8. The number of nitrogens with two attached hydrogens (primary N) is 1. The van der Waals surface area contributed by atoms with Crippen LogP contribution in [-0.4, -0.2) is 4.57 Å². The summed E-state index contributed by atoms with van der Waals surface area (Å²) >= 11 is 0. The van der Waals surface area contributed by atoms with Gasteiger partial charge >= 0.3 is 0 Å². The molecule has 4 nitrogen and oxygen atoms in total. The fourth-order valence-electron chi connectivity index (χ4n) is 2.50. The number of aromatic nitrogens is 1. The van der Waals surface area contributed by atoms with E-state index in [-0.39, 0.29) is 22.6 Å². The van der Waals surface area contributed by atoms with Crippen LogP contribution in [-0.2, 0) is 7.05 Å². The van der Waals surface area contributed by atoms with Gasteiger partial charge in [0.05, 0.1) is 5.56 Å². The van der Waals surface area contributed by atoms with Crippen LogP contribution in [0.3, 0.4) is 0 Å². The van der Waals surface area contributed by atoms with Crippen LogP contribution in [0.4, 0.5) is 14.5 Å². The zero-order valence-corrected chi connectivity index (χ0v) is 13.8. The van der Waals surface area contributed by atoms with Gasteiger partial charge in [0.15, 0.2) is 11.6 Å². The minimum absolute atomic E-state index is 0.139. The quantitative estimate of drug-likeness (QED) is 0.578. The van der Waals surface area contributed by atoms with Crippen molar-refractivity contribution in [1.29, 1.82) is 0 Å². The molecular formula is C20H14F2N2O2. The molecule has 0 saturated heterocycles. The molecule has 1 aromatic heterocycles. The Hall–Kier alpha value is -3.59. The predicted molar refractivity (Wildman–Crippen MR) is 95.9 cm³/mol. The first-order chi connectivity index (χ1) is 12.4. The lowest BCUT2D eigenvalue weighted by Gasteiger charge is -2.14. The van der Waals surface area contributed by atoms with Crippen molar-refractivity contribution < 1.29 is 13.5 Å². The van der Waals surface area contributed by atoms with Gasteiger partial charge in [-0.2, -0.15) is 0 Å². The van der Waals surface area contributed by atoms with Crippen molar-refractivity contribution in [2.45, 2.75) is 0 Å². The summed E-state index contributed by atoms with van der Waals surface area (Å²) in [6.07, 6.45) is 6.96. The van der Waals surface area contributed by atoms with Crippen molar-refractivity contribution in [2.75, 3.05) is 5.73 Å². The van der Waals surface area contributed by atoms with Gasteiger partial charge in [-0.1, -0.05) is 5.92 Å². The predicted octanol–water partition coefficient (Wildman–Crippen LogP) is 3.69. The Labute approximate surface area is 148 Å². The van der Waals surface area contributed by atoms with Crippen molar-refractivity contribution in [3.05, 3.63) is 76.2 Å². The van der Waals surface area contributed by atoms with Crippen LogP contribution in [0.15, 0.2) is 53.5 Å². The first-order valence-corrected chi connectivity index (χ1v) is 7.59. The smallest absolute Gasteiger partial charge is 0.266 e.